The number of rotatable bonds is 6. The molecule has 1 heterocycles. The largest absolute Gasteiger partial charge is 0.507 e. The standard InChI is InChI=1S/C17H16N2O6S/c1-4-25-17(22)14-9(2)15(10(3)20)26-16(14)18-8-11-7-12(19(23)24)5-6-13(11)21/h5-8,21H,4H2,1-3H3/b18-8+. The van der Waals surface area contributed by atoms with Crippen molar-refractivity contribution >= 4 is 40.0 Å². The van der Waals surface area contributed by atoms with Crippen molar-refractivity contribution in [1.29, 1.82) is 0 Å². The fourth-order valence-electron chi connectivity index (χ4n) is 2.26. The number of hydrogen-bond acceptors (Lipinski definition) is 8. The fraction of sp³-hybridized carbons (Fsp3) is 0.235. The number of Topliss-reactive ketones (excluding diaryl/α,β-unsaturated/α-hetero) is 1. The Morgan fingerprint density at radius 3 is 2.69 bits per heavy atom. The lowest BCUT2D eigenvalue weighted by atomic mass is 10.1. The van der Waals surface area contributed by atoms with Crippen molar-refractivity contribution in [1.82, 2.24) is 0 Å². The van der Waals surface area contributed by atoms with Crippen molar-refractivity contribution in [3.63, 3.8) is 0 Å². The van der Waals surface area contributed by atoms with Crippen molar-refractivity contribution in [2.24, 2.45) is 4.99 Å². The van der Waals surface area contributed by atoms with Gasteiger partial charge < -0.3 is 9.84 Å². The summed E-state index contributed by atoms with van der Waals surface area (Å²) in [7, 11) is 0. The number of ketones is 1. The Kier molecular flexibility index (Phi) is 5.83. The van der Waals surface area contributed by atoms with Gasteiger partial charge in [0, 0.05) is 23.9 Å². The number of carbonyl (C=O) groups excluding carboxylic acids is 2. The Balaban J connectivity index is 2.52. The number of esters is 1. The number of phenolic OH excluding ortho intramolecular Hbond substituents is 1. The first kappa shape index (κ1) is 19.3. The van der Waals surface area contributed by atoms with Gasteiger partial charge in [-0.2, -0.15) is 0 Å². The summed E-state index contributed by atoms with van der Waals surface area (Å²) in [6.45, 7) is 4.84. The summed E-state index contributed by atoms with van der Waals surface area (Å²) < 4.78 is 5.01. The zero-order valence-electron chi connectivity index (χ0n) is 14.3. The third-order valence-electron chi connectivity index (χ3n) is 3.47. The molecule has 0 bridgehead atoms. The van der Waals surface area contributed by atoms with Crippen LogP contribution in [0.2, 0.25) is 0 Å². The van der Waals surface area contributed by atoms with E-state index in [0.717, 1.165) is 17.4 Å². The summed E-state index contributed by atoms with van der Waals surface area (Å²) in [5.74, 6) is -1.01. The van der Waals surface area contributed by atoms with E-state index >= 15 is 0 Å². The SMILES string of the molecule is CCOC(=O)c1c(/N=C/c2cc([N+](=O)[O-])ccc2O)sc(C(C)=O)c1C. The van der Waals surface area contributed by atoms with Gasteiger partial charge in [-0.1, -0.05) is 0 Å². The number of hydrogen-bond donors (Lipinski definition) is 1. The van der Waals surface area contributed by atoms with Crippen LogP contribution in [0.25, 0.3) is 0 Å². The molecule has 9 heteroatoms. The van der Waals surface area contributed by atoms with Gasteiger partial charge in [-0.25, -0.2) is 9.79 Å². The first-order chi connectivity index (χ1) is 12.3. The van der Waals surface area contributed by atoms with Crippen LogP contribution in [0.5, 0.6) is 5.75 Å². The first-order valence-electron chi connectivity index (χ1n) is 7.59. The van der Waals surface area contributed by atoms with Gasteiger partial charge in [-0.15, -0.1) is 11.3 Å². The lowest BCUT2D eigenvalue weighted by molar-refractivity contribution is -0.384. The van der Waals surface area contributed by atoms with Gasteiger partial charge in [0.1, 0.15) is 10.8 Å². The molecule has 136 valence electrons. The Labute approximate surface area is 152 Å². The number of nitro groups is 1. The molecule has 0 saturated carbocycles. The third kappa shape index (κ3) is 3.94. The predicted octanol–water partition coefficient (Wildman–Crippen LogP) is 3.80. The Hall–Kier alpha value is -3.07. The summed E-state index contributed by atoms with van der Waals surface area (Å²) >= 11 is 1.02. The van der Waals surface area contributed by atoms with Crippen LogP contribution in [-0.4, -0.2) is 34.6 Å². The maximum atomic E-state index is 12.2. The van der Waals surface area contributed by atoms with E-state index in [2.05, 4.69) is 4.99 Å². The van der Waals surface area contributed by atoms with E-state index in [0.29, 0.717) is 10.4 Å². The predicted molar refractivity (Wildman–Crippen MR) is 97.0 cm³/mol. The van der Waals surface area contributed by atoms with Crippen LogP contribution in [-0.2, 0) is 4.74 Å². The molecule has 1 aromatic heterocycles. The molecule has 0 spiro atoms. The van der Waals surface area contributed by atoms with Crippen LogP contribution >= 0.6 is 11.3 Å². The molecule has 0 fully saturated rings. The van der Waals surface area contributed by atoms with Gasteiger partial charge in [0.25, 0.3) is 5.69 Å². The van der Waals surface area contributed by atoms with Crippen LogP contribution < -0.4 is 0 Å². The van der Waals surface area contributed by atoms with Crippen LogP contribution in [0, 0.1) is 17.0 Å². The molecular formula is C17H16N2O6S. The van der Waals surface area contributed by atoms with Gasteiger partial charge in [0.2, 0.25) is 0 Å². The molecule has 8 nitrogen and oxygen atoms in total. The maximum Gasteiger partial charge on any atom is 0.341 e. The highest BCUT2D eigenvalue weighted by Gasteiger charge is 2.23. The highest BCUT2D eigenvalue weighted by atomic mass is 32.1. The molecule has 0 atom stereocenters. The summed E-state index contributed by atoms with van der Waals surface area (Å²) in [6, 6.07) is 3.52. The molecule has 0 aliphatic heterocycles. The normalized spacial score (nSPS) is 10.9. The number of nitrogens with zero attached hydrogens (tertiary/aromatic N) is 2. The van der Waals surface area contributed by atoms with E-state index in [9.17, 15) is 24.8 Å². The highest BCUT2D eigenvalue weighted by Crippen LogP contribution is 2.36. The van der Waals surface area contributed by atoms with Crippen molar-refractivity contribution in [3.8, 4) is 5.75 Å². The van der Waals surface area contributed by atoms with E-state index in [4.69, 9.17) is 4.74 Å². The molecule has 0 saturated heterocycles. The van der Waals surface area contributed by atoms with Gasteiger partial charge in [0.05, 0.1) is 22.0 Å². The van der Waals surface area contributed by atoms with Gasteiger partial charge in [0.15, 0.2) is 5.78 Å². The van der Waals surface area contributed by atoms with Crippen LogP contribution in [0.1, 0.15) is 45.0 Å². The molecule has 1 N–H and O–H groups in total. The monoisotopic (exact) mass is 376 g/mol. The molecule has 2 aromatic rings. The highest BCUT2D eigenvalue weighted by molar-refractivity contribution is 7.18. The summed E-state index contributed by atoms with van der Waals surface area (Å²) in [5, 5.41) is 20.9. The molecule has 0 aliphatic carbocycles. The third-order valence-corrected chi connectivity index (χ3v) is 4.77. The number of benzene rings is 1. The van der Waals surface area contributed by atoms with Crippen LogP contribution in [0.15, 0.2) is 23.2 Å². The summed E-state index contributed by atoms with van der Waals surface area (Å²) in [4.78, 5) is 38.8. The van der Waals surface area contributed by atoms with Gasteiger partial charge in [-0.3, -0.25) is 14.9 Å². The summed E-state index contributed by atoms with van der Waals surface area (Å²) in [6.07, 6.45) is 1.21. The molecule has 2 rings (SSSR count). The molecule has 26 heavy (non-hydrogen) atoms. The zero-order chi connectivity index (χ0) is 19.4. The van der Waals surface area contributed by atoms with Crippen molar-refractivity contribution < 1.29 is 24.4 Å². The Morgan fingerprint density at radius 1 is 1.42 bits per heavy atom. The molecule has 0 radical (unpaired) electrons. The number of aliphatic imine (C=N–C) groups is 1. The number of ether oxygens (including phenoxy) is 1. The molecule has 0 aliphatic rings. The Morgan fingerprint density at radius 2 is 2.12 bits per heavy atom. The zero-order valence-corrected chi connectivity index (χ0v) is 15.1. The summed E-state index contributed by atoms with van der Waals surface area (Å²) in [5.41, 5.74) is 0.547. The number of nitro benzene ring substituents is 1. The van der Waals surface area contributed by atoms with Crippen LogP contribution in [0.3, 0.4) is 0 Å². The second-order valence-electron chi connectivity index (χ2n) is 5.27. The minimum atomic E-state index is -0.607. The number of non-ortho nitro benzene ring substituents is 1. The number of aromatic hydroxyl groups is 1. The van der Waals surface area contributed by atoms with Crippen molar-refractivity contribution in [2.45, 2.75) is 20.8 Å². The minimum absolute atomic E-state index is 0.115. The average Bonchev–Trinajstić information content (AvgIpc) is 2.90. The second-order valence-corrected chi connectivity index (χ2v) is 6.27. The maximum absolute atomic E-state index is 12.2. The topological polar surface area (TPSA) is 119 Å². The molecular weight excluding hydrogens is 360 g/mol. The van der Waals surface area contributed by atoms with Crippen molar-refractivity contribution in [2.75, 3.05) is 6.61 Å². The molecule has 1 aromatic carbocycles. The average molecular weight is 376 g/mol. The Bertz CT molecular complexity index is 916. The smallest absolute Gasteiger partial charge is 0.341 e. The second kappa shape index (κ2) is 7.87. The number of thiophene rings is 1. The van der Waals surface area contributed by atoms with E-state index in [1.54, 1.807) is 13.8 Å². The van der Waals surface area contributed by atoms with Crippen LogP contribution in [0.4, 0.5) is 10.7 Å². The van der Waals surface area contributed by atoms with E-state index in [1.807, 2.05) is 0 Å². The van der Waals surface area contributed by atoms with E-state index in [1.165, 1.54) is 25.3 Å². The van der Waals surface area contributed by atoms with E-state index in [-0.39, 0.29) is 40.0 Å². The van der Waals surface area contributed by atoms with Crippen molar-refractivity contribution in [3.05, 3.63) is 49.9 Å². The molecule has 0 amide bonds. The van der Waals surface area contributed by atoms with E-state index < -0.39 is 10.9 Å². The number of phenols is 1. The number of carbonyl (C=O) groups is 2. The molecule has 0 unspecified atom stereocenters. The lowest BCUT2D eigenvalue weighted by Crippen LogP contribution is -2.06. The lowest BCUT2D eigenvalue weighted by Gasteiger charge is -2.03. The van der Waals surface area contributed by atoms with Gasteiger partial charge >= 0.3 is 5.97 Å². The fourth-order valence-corrected chi connectivity index (χ4v) is 3.29. The van der Waals surface area contributed by atoms with Gasteiger partial charge in [-0.05, 0) is 32.4 Å². The first-order valence-corrected chi connectivity index (χ1v) is 8.40. The minimum Gasteiger partial charge on any atom is -0.507 e. The quantitative estimate of drug-likeness (QED) is 0.269.